The van der Waals surface area contributed by atoms with Crippen LogP contribution in [0.3, 0.4) is 0 Å². The van der Waals surface area contributed by atoms with Crippen LogP contribution in [-0.4, -0.2) is 179 Å². The van der Waals surface area contributed by atoms with E-state index in [0.29, 0.717) is 77.1 Å². The van der Waals surface area contributed by atoms with Gasteiger partial charge in [0.05, 0.1) is 58.2 Å². The van der Waals surface area contributed by atoms with E-state index >= 15 is 0 Å². The summed E-state index contributed by atoms with van der Waals surface area (Å²) in [5.74, 6) is 2.31. The highest BCUT2D eigenvalue weighted by molar-refractivity contribution is 8.01. The minimum atomic E-state index is -0.533. The van der Waals surface area contributed by atoms with Crippen molar-refractivity contribution in [1.82, 2.24) is 52.4 Å². The van der Waals surface area contributed by atoms with Crippen molar-refractivity contribution in [3.8, 4) is 11.5 Å². The van der Waals surface area contributed by atoms with Gasteiger partial charge in [0.2, 0.25) is 11.8 Å². The standard InChI is InChI=1S/C42H65N11O9S2/c1-29-23-44-40(56)47-39(29)64-36(38(55)43-24-30-4-8-34(58-3)9-5-30)27-61-21-20-60-19-18-59-17-16-53-25-33(49-50-53)26-62-35-10-6-31(7-11-35)45-41(57)48-42-46-32(28-63-42)22-37(54)52-14-12-51(2)13-15-52/h4-11,29,32-33,36,39,42,46,49-50H,12-28H2,1-3H3,(H,43,55)(H2,44,47,56)(H2,45,48,57)/t29?,32?,33?,36-,39?,42?/m1/s1. The first-order valence-corrected chi connectivity index (χ1v) is 23.8. The number of hydrazine groups is 2. The van der Waals surface area contributed by atoms with Gasteiger partial charge in [-0.05, 0) is 49.0 Å². The number of hydrogen-bond acceptors (Lipinski definition) is 16. The highest BCUT2D eigenvalue weighted by Crippen LogP contribution is 2.25. The van der Waals surface area contributed by atoms with Crippen molar-refractivity contribution in [2.45, 2.75) is 48.1 Å². The van der Waals surface area contributed by atoms with Crippen LogP contribution in [0.4, 0.5) is 15.3 Å². The predicted molar refractivity (Wildman–Crippen MR) is 246 cm³/mol. The number of rotatable bonds is 24. The van der Waals surface area contributed by atoms with Crippen LogP contribution in [0.5, 0.6) is 11.5 Å². The fourth-order valence-electron chi connectivity index (χ4n) is 7.08. The van der Waals surface area contributed by atoms with Gasteiger partial charge in [-0.25, -0.2) is 20.0 Å². The SMILES string of the molecule is COc1ccc(CNC(=O)[C@@H](COCCOCCOCCN2CC(COc3ccc(NC(=O)NC4NC(CC(=O)N5CCN(C)CC5)CS4)cc3)NN2)SC2NC(=O)NCC2C)cc1. The van der Waals surface area contributed by atoms with Crippen molar-refractivity contribution in [2.75, 3.05) is 117 Å². The molecule has 64 heavy (non-hydrogen) atoms. The Labute approximate surface area is 383 Å². The number of carbonyl (C=O) groups is 4. The maximum absolute atomic E-state index is 13.3. The number of ether oxygens (including phenoxy) is 5. The number of amides is 6. The van der Waals surface area contributed by atoms with Crippen molar-refractivity contribution in [3.63, 3.8) is 0 Å². The monoisotopic (exact) mass is 931 g/mol. The molecule has 0 saturated carbocycles. The number of thioether (sulfide) groups is 2. The van der Waals surface area contributed by atoms with E-state index in [1.807, 2.05) is 53.2 Å². The molecule has 354 valence electrons. The molecule has 2 aromatic carbocycles. The summed E-state index contributed by atoms with van der Waals surface area (Å²) in [6.07, 6.45) is 0.428. The van der Waals surface area contributed by atoms with Gasteiger partial charge >= 0.3 is 12.1 Å². The molecule has 5 unspecified atom stereocenters. The van der Waals surface area contributed by atoms with Crippen molar-refractivity contribution >= 4 is 53.1 Å². The largest absolute Gasteiger partial charge is 0.497 e. The van der Waals surface area contributed by atoms with Crippen LogP contribution in [0.25, 0.3) is 0 Å². The Balaban J connectivity index is 0.774. The van der Waals surface area contributed by atoms with E-state index in [2.05, 4.69) is 54.8 Å². The Hall–Kier alpha value is -4.10. The third-order valence-corrected chi connectivity index (χ3v) is 13.7. The van der Waals surface area contributed by atoms with Crippen molar-refractivity contribution in [2.24, 2.45) is 5.92 Å². The second kappa shape index (κ2) is 26.1. The number of piperazine rings is 1. The molecule has 8 N–H and O–H groups in total. The average molecular weight is 932 g/mol. The maximum atomic E-state index is 13.3. The smallest absolute Gasteiger partial charge is 0.321 e. The molecule has 4 heterocycles. The number of methoxy groups -OCH3 is 1. The van der Waals surface area contributed by atoms with Gasteiger partial charge in [-0.1, -0.05) is 19.1 Å². The first kappa shape index (κ1) is 49.3. The summed E-state index contributed by atoms with van der Waals surface area (Å²) < 4.78 is 28.5. The molecule has 4 fully saturated rings. The van der Waals surface area contributed by atoms with E-state index in [0.717, 1.165) is 49.8 Å². The van der Waals surface area contributed by atoms with Gasteiger partial charge in [0.15, 0.2) is 0 Å². The van der Waals surface area contributed by atoms with Gasteiger partial charge in [0.25, 0.3) is 0 Å². The molecule has 0 aromatic heterocycles. The lowest BCUT2D eigenvalue weighted by atomic mass is 10.1. The number of anilines is 1. The van der Waals surface area contributed by atoms with Crippen LogP contribution < -0.4 is 52.3 Å². The first-order chi connectivity index (χ1) is 31.1. The molecule has 0 aliphatic carbocycles. The lowest BCUT2D eigenvalue weighted by molar-refractivity contribution is -0.133. The number of hydrogen-bond donors (Lipinski definition) is 8. The fraction of sp³-hybridized carbons (Fsp3) is 0.619. The Bertz CT molecular complexity index is 1760. The average Bonchev–Trinajstić information content (AvgIpc) is 3.95. The molecular formula is C42H65N11O9S2. The van der Waals surface area contributed by atoms with Crippen molar-refractivity contribution in [3.05, 3.63) is 54.1 Å². The lowest BCUT2D eigenvalue weighted by Crippen LogP contribution is -2.54. The van der Waals surface area contributed by atoms with Crippen molar-refractivity contribution in [1.29, 1.82) is 0 Å². The molecule has 6 amide bonds. The quantitative estimate of drug-likeness (QED) is 0.0683. The molecule has 2 aromatic rings. The van der Waals surface area contributed by atoms with E-state index in [4.69, 9.17) is 23.7 Å². The topological polar surface area (TPSA) is 220 Å². The van der Waals surface area contributed by atoms with E-state index in [1.165, 1.54) is 11.8 Å². The molecule has 22 heteroatoms. The number of urea groups is 2. The number of benzene rings is 2. The van der Waals surface area contributed by atoms with E-state index in [-0.39, 0.29) is 59.4 Å². The second-order valence-electron chi connectivity index (χ2n) is 16.0. The van der Waals surface area contributed by atoms with E-state index < -0.39 is 5.25 Å². The van der Waals surface area contributed by atoms with Crippen LogP contribution in [0.2, 0.25) is 0 Å². The molecular weight excluding hydrogens is 867 g/mol. The molecule has 6 rings (SSSR count). The number of nitrogens with one attached hydrogen (secondary N) is 8. The third kappa shape index (κ3) is 16.7. The van der Waals surface area contributed by atoms with Gasteiger partial charge in [-0.2, -0.15) is 5.53 Å². The molecule has 6 atom stereocenters. The molecule has 4 aliphatic heterocycles. The molecule has 20 nitrogen and oxygen atoms in total. The molecule has 0 bridgehead atoms. The van der Waals surface area contributed by atoms with Crippen LogP contribution in [0.1, 0.15) is 18.9 Å². The normalized spacial score (nSPS) is 23.2. The molecule has 0 spiro atoms. The van der Waals surface area contributed by atoms with Crippen LogP contribution in [-0.2, 0) is 30.3 Å². The molecule has 0 radical (unpaired) electrons. The van der Waals surface area contributed by atoms with Gasteiger partial charge < -0.3 is 60.1 Å². The minimum Gasteiger partial charge on any atom is -0.497 e. The van der Waals surface area contributed by atoms with Crippen LogP contribution >= 0.6 is 23.5 Å². The summed E-state index contributed by atoms with van der Waals surface area (Å²) in [4.78, 5) is 54.8. The van der Waals surface area contributed by atoms with Crippen molar-refractivity contribution < 1.29 is 42.9 Å². The zero-order chi connectivity index (χ0) is 45.1. The first-order valence-electron chi connectivity index (χ1n) is 21.8. The lowest BCUT2D eigenvalue weighted by Gasteiger charge is -2.33. The molecule has 4 saturated heterocycles. The predicted octanol–water partition coefficient (Wildman–Crippen LogP) is 0.785. The summed E-state index contributed by atoms with van der Waals surface area (Å²) in [6, 6.07) is 14.2. The third-order valence-electron chi connectivity index (χ3n) is 10.9. The summed E-state index contributed by atoms with van der Waals surface area (Å²) in [5, 5.41) is 19.1. The summed E-state index contributed by atoms with van der Waals surface area (Å²) in [7, 11) is 3.68. The van der Waals surface area contributed by atoms with Gasteiger partial charge in [0.1, 0.15) is 28.9 Å². The highest BCUT2D eigenvalue weighted by atomic mass is 32.2. The van der Waals surface area contributed by atoms with Gasteiger partial charge in [-0.15, -0.1) is 23.5 Å². The molecule has 4 aliphatic rings. The van der Waals surface area contributed by atoms with E-state index in [1.54, 1.807) is 31.0 Å². The van der Waals surface area contributed by atoms with Crippen LogP contribution in [0, 0.1) is 5.92 Å². The highest BCUT2D eigenvalue weighted by Gasteiger charge is 2.32. The number of carbonyl (C=O) groups excluding carboxylic acids is 4. The maximum Gasteiger partial charge on any atom is 0.321 e. The zero-order valence-corrected chi connectivity index (χ0v) is 38.6. The Morgan fingerprint density at radius 1 is 0.922 bits per heavy atom. The summed E-state index contributed by atoms with van der Waals surface area (Å²) >= 11 is 2.98. The Morgan fingerprint density at radius 2 is 1.64 bits per heavy atom. The Morgan fingerprint density at radius 3 is 2.39 bits per heavy atom. The zero-order valence-electron chi connectivity index (χ0n) is 36.9. The number of likely N-dealkylation sites (N-methyl/N-ethyl adjacent to an activating group) is 1. The summed E-state index contributed by atoms with van der Waals surface area (Å²) in [5.41, 5.74) is 7.71. The number of nitrogens with zero attached hydrogens (tertiary/aromatic N) is 3. The Kier molecular flexibility index (Phi) is 20.2. The minimum absolute atomic E-state index is 0.0218. The summed E-state index contributed by atoms with van der Waals surface area (Å²) in [6.45, 7) is 10.2. The second-order valence-corrected chi connectivity index (χ2v) is 18.5. The van der Waals surface area contributed by atoms with E-state index in [9.17, 15) is 19.2 Å². The van der Waals surface area contributed by atoms with Gasteiger partial charge in [-0.3, -0.25) is 14.9 Å². The van der Waals surface area contributed by atoms with Gasteiger partial charge in [0, 0.05) is 82.2 Å². The van der Waals surface area contributed by atoms with Crippen LogP contribution in [0.15, 0.2) is 48.5 Å². The fourth-order valence-corrected chi connectivity index (χ4v) is 9.47.